The van der Waals surface area contributed by atoms with Crippen molar-refractivity contribution in [3.05, 3.63) is 29.8 Å². The van der Waals surface area contributed by atoms with Crippen molar-refractivity contribution >= 4 is 5.91 Å². The second-order valence-electron chi connectivity index (χ2n) is 5.85. The Bertz CT molecular complexity index is 562. The number of hydrogen-bond acceptors (Lipinski definition) is 4. The number of benzene rings is 1. The molecule has 0 radical (unpaired) electrons. The molecule has 1 amide bonds. The van der Waals surface area contributed by atoms with Gasteiger partial charge in [0.2, 0.25) is 5.91 Å². The molecule has 3 aliphatic heterocycles. The molecule has 106 valence electrons. The molecule has 5 heteroatoms. The number of amides is 1. The van der Waals surface area contributed by atoms with Crippen LogP contribution in [0.25, 0.3) is 0 Å². The standard InChI is InChI=1S/C15H18N2O3/c18-12-3-1-2-11(8-12)10-16-5-4-15-13(16)9-14(19)17(15)6-7-20-15/h1-3,8,13,18H,4-7,9-10H2. The van der Waals surface area contributed by atoms with Crippen LogP contribution in [0.4, 0.5) is 0 Å². The van der Waals surface area contributed by atoms with Gasteiger partial charge in [0.05, 0.1) is 12.6 Å². The Morgan fingerprint density at radius 1 is 1.40 bits per heavy atom. The van der Waals surface area contributed by atoms with Gasteiger partial charge in [-0.25, -0.2) is 0 Å². The first-order chi connectivity index (χ1) is 9.69. The Labute approximate surface area is 117 Å². The quantitative estimate of drug-likeness (QED) is 0.871. The van der Waals surface area contributed by atoms with Crippen LogP contribution in [0.3, 0.4) is 0 Å². The summed E-state index contributed by atoms with van der Waals surface area (Å²) < 4.78 is 5.96. The minimum atomic E-state index is -0.367. The van der Waals surface area contributed by atoms with Crippen molar-refractivity contribution in [3.63, 3.8) is 0 Å². The fourth-order valence-corrected chi connectivity index (χ4v) is 3.95. The lowest BCUT2D eigenvalue weighted by Gasteiger charge is -2.31. The lowest BCUT2D eigenvalue weighted by molar-refractivity contribution is -0.136. The minimum Gasteiger partial charge on any atom is -0.508 e. The van der Waals surface area contributed by atoms with Gasteiger partial charge in [0, 0.05) is 32.5 Å². The van der Waals surface area contributed by atoms with E-state index in [1.165, 1.54) is 0 Å². The van der Waals surface area contributed by atoms with Gasteiger partial charge in [-0.3, -0.25) is 9.69 Å². The van der Waals surface area contributed by atoms with Gasteiger partial charge in [-0.15, -0.1) is 0 Å². The van der Waals surface area contributed by atoms with Crippen molar-refractivity contribution in [2.24, 2.45) is 0 Å². The van der Waals surface area contributed by atoms with E-state index >= 15 is 0 Å². The van der Waals surface area contributed by atoms with Crippen molar-refractivity contribution in [2.45, 2.75) is 31.2 Å². The third kappa shape index (κ3) is 1.60. The molecule has 1 N–H and O–H groups in total. The fraction of sp³-hybridized carbons (Fsp3) is 0.533. The predicted molar refractivity (Wildman–Crippen MR) is 71.9 cm³/mol. The first-order valence-corrected chi connectivity index (χ1v) is 7.15. The molecule has 0 aliphatic carbocycles. The number of aromatic hydroxyl groups is 1. The second kappa shape index (κ2) is 4.20. The summed E-state index contributed by atoms with van der Waals surface area (Å²) in [6, 6.07) is 7.48. The third-order valence-electron chi connectivity index (χ3n) is 4.81. The van der Waals surface area contributed by atoms with Crippen molar-refractivity contribution in [1.29, 1.82) is 0 Å². The minimum absolute atomic E-state index is 0.153. The van der Waals surface area contributed by atoms with Gasteiger partial charge in [0.25, 0.3) is 0 Å². The highest BCUT2D eigenvalue weighted by molar-refractivity contribution is 5.81. The van der Waals surface area contributed by atoms with Gasteiger partial charge >= 0.3 is 0 Å². The number of nitrogens with zero attached hydrogens (tertiary/aromatic N) is 2. The SMILES string of the molecule is O=C1CC2N(Cc3cccc(O)c3)CCC23OCCN13. The molecule has 3 aliphatic rings. The molecule has 3 fully saturated rings. The highest BCUT2D eigenvalue weighted by Gasteiger charge is 2.61. The maximum absolute atomic E-state index is 12.1. The maximum Gasteiger partial charge on any atom is 0.226 e. The Morgan fingerprint density at radius 2 is 2.30 bits per heavy atom. The first kappa shape index (κ1) is 12.2. The van der Waals surface area contributed by atoms with E-state index < -0.39 is 0 Å². The molecule has 20 heavy (non-hydrogen) atoms. The second-order valence-corrected chi connectivity index (χ2v) is 5.85. The molecule has 2 atom stereocenters. The van der Waals surface area contributed by atoms with Crippen LogP contribution in [0.1, 0.15) is 18.4 Å². The normalized spacial score (nSPS) is 32.7. The average molecular weight is 274 g/mol. The van der Waals surface area contributed by atoms with E-state index in [0.717, 1.165) is 31.6 Å². The van der Waals surface area contributed by atoms with E-state index in [9.17, 15) is 9.90 Å². The van der Waals surface area contributed by atoms with Crippen LogP contribution in [-0.2, 0) is 16.1 Å². The number of phenols is 1. The lowest BCUT2D eigenvalue weighted by Crippen LogP contribution is -2.47. The number of carbonyl (C=O) groups excluding carboxylic acids is 1. The van der Waals surface area contributed by atoms with Gasteiger partial charge in [-0.05, 0) is 17.7 Å². The molecule has 2 unspecified atom stereocenters. The van der Waals surface area contributed by atoms with Crippen LogP contribution >= 0.6 is 0 Å². The zero-order chi connectivity index (χ0) is 13.7. The molecule has 4 rings (SSSR count). The highest BCUT2D eigenvalue weighted by Crippen LogP contribution is 2.45. The molecule has 3 heterocycles. The largest absolute Gasteiger partial charge is 0.508 e. The summed E-state index contributed by atoms with van der Waals surface area (Å²) in [5, 5.41) is 9.56. The van der Waals surface area contributed by atoms with Crippen LogP contribution < -0.4 is 0 Å². The van der Waals surface area contributed by atoms with Crippen LogP contribution in [0.5, 0.6) is 5.75 Å². The Kier molecular flexibility index (Phi) is 2.56. The number of likely N-dealkylation sites (tertiary alicyclic amines) is 1. The topological polar surface area (TPSA) is 53.0 Å². The van der Waals surface area contributed by atoms with Crippen LogP contribution in [0, 0.1) is 0 Å². The summed E-state index contributed by atoms with van der Waals surface area (Å²) in [6.07, 6.45) is 1.45. The fourth-order valence-electron chi connectivity index (χ4n) is 3.95. The molecule has 0 aromatic heterocycles. The van der Waals surface area contributed by atoms with Crippen molar-refractivity contribution < 1.29 is 14.6 Å². The molecular weight excluding hydrogens is 256 g/mol. The van der Waals surface area contributed by atoms with Gasteiger partial charge in [-0.1, -0.05) is 12.1 Å². The summed E-state index contributed by atoms with van der Waals surface area (Å²) in [5.74, 6) is 0.505. The van der Waals surface area contributed by atoms with E-state index in [-0.39, 0.29) is 23.4 Å². The molecule has 0 bridgehead atoms. The molecule has 1 aromatic rings. The summed E-state index contributed by atoms with van der Waals surface area (Å²) in [7, 11) is 0. The van der Waals surface area contributed by atoms with Gasteiger partial charge in [0.15, 0.2) is 5.72 Å². The molecule has 1 spiro atoms. The maximum atomic E-state index is 12.1. The Morgan fingerprint density at radius 3 is 3.15 bits per heavy atom. The molecule has 5 nitrogen and oxygen atoms in total. The number of phenolic OH excluding ortho intramolecular Hbond substituents is 1. The van der Waals surface area contributed by atoms with E-state index in [1.54, 1.807) is 12.1 Å². The number of ether oxygens (including phenoxy) is 1. The summed E-state index contributed by atoms with van der Waals surface area (Å²) in [5.41, 5.74) is 0.708. The number of rotatable bonds is 2. The van der Waals surface area contributed by atoms with Crippen LogP contribution in [-0.4, -0.2) is 52.3 Å². The highest BCUT2D eigenvalue weighted by atomic mass is 16.5. The van der Waals surface area contributed by atoms with Crippen LogP contribution in [0.15, 0.2) is 24.3 Å². The Hall–Kier alpha value is -1.59. The monoisotopic (exact) mass is 274 g/mol. The number of hydrogen-bond donors (Lipinski definition) is 1. The number of carbonyl (C=O) groups is 1. The van der Waals surface area contributed by atoms with Gasteiger partial charge in [0.1, 0.15) is 5.75 Å². The Balaban J connectivity index is 1.58. The molecule has 0 saturated carbocycles. The van der Waals surface area contributed by atoms with Gasteiger partial charge < -0.3 is 14.7 Å². The predicted octanol–water partition coefficient (Wildman–Crippen LogP) is 0.925. The van der Waals surface area contributed by atoms with E-state index in [1.807, 2.05) is 17.0 Å². The molecule has 1 aromatic carbocycles. The van der Waals surface area contributed by atoms with Crippen molar-refractivity contribution in [1.82, 2.24) is 9.80 Å². The zero-order valence-electron chi connectivity index (χ0n) is 11.3. The smallest absolute Gasteiger partial charge is 0.226 e. The summed E-state index contributed by atoms with van der Waals surface area (Å²) in [4.78, 5) is 16.3. The van der Waals surface area contributed by atoms with Gasteiger partial charge in [-0.2, -0.15) is 0 Å². The average Bonchev–Trinajstić information content (AvgIpc) is 3.04. The molecule has 3 saturated heterocycles. The lowest BCUT2D eigenvalue weighted by atomic mass is 10.1. The summed E-state index contributed by atoms with van der Waals surface area (Å²) in [6.45, 7) is 3.08. The zero-order valence-corrected chi connectivity index (χ0v) is 11.3. The van der Waals surface area contributed by atoms with Crippen LogP contribution in [0.2, 0.25) is 0 Å². The third-order valence-corrected chi connectivity index (χ3v) is 4.81. The van der Waals surface area contributed by atoms with E-state index in [2.05, 4.69) is 4.90 Å². The van der Waals surface area contributed by atoms with Crippen molar-refractivity contribution in [3.8, 4) is 5.75 Å². The first-order valence-electron chi connectivity index (χ1n) is 7.15. The summed E-state index contributed by atoms with van der Waals surface area (Å²) >= 11 is 0. The van der Waals surface area contributed by atoms with E-state index in [0.29, 0.717) is 13.0 Å². The van der Waals surface area contributed by atoms with E-state index in [4.69, 9.17) is 4.74 Å². The van der Waals surface area contributed by atoms with Crippen molar-refractivity contribution in [2.75, 3.05) is 19.7 Å². The molecular formula is C15H18N2O3.